The van der Waals surface area contributed by atoms with Crippen molar-refractivity contribution >= 4 is 21.7 Å². The molecule has 3 nitrogen and oxygen atoms in total. The first-order chi connectivity index (χ1) is 6.16. The topological polar surface area (TPSA) is 37.8 Å². The van der Waals surface area contributed by atoms with Crippen LogP contribution in [0.1, 0.15) is 19.0 Å². The van der Waals surface area contributed by atoms with Crippen molar-refractivity contribution in [1.29, 1.82) is 0 Å². The maximum atomic E-state index is 12.3. The minimum atomic E-state index is -2.59. The average molecular weight is 252 g/mol. The predicted molar refractivity (Wildman–Crippen MR) is 48.9 cm³/mol. The third-order valence-corrected chi connectivity index (χ3v) is 2.15. The summed E-state index contributed by atoms with van der Waals surface area (Å²) in [5, 5.41) is 2.84. The Morgan fingerprint density at radius 2 is 2.23 bits per heavy atom. The lowest BCUT2D eigenvalue weighted by atomic mass is 10.4. The van der Waals surface area contributed by atoms with E-state index >= 15 is 0 Å². The van der Waals surface area contributed by atoms with Crippen LogP contribution in [0, 0.1) is 0 Å². The van der Waals surface area contributed by atoms with Crippen molar-refractivity contribution in [2.24, 2.45) is 0 Å². The number of hydrogen-bond donors (Lipinski definition) is 1. The van der Waals surface area contributed by atoms with Crippen LogP contribution in [-0.2, 0) is 0 Å². The molecule has 0 aliphatic heterocycles. The van der Waals surface area contributed by atoms with Crippen LogP contribution >= 0.6 is 15.9 Å². The van der Waals surface area contributed by atoms with Gasteiger partial charge in [0.2, 0.25) is 0 Å². The lowest BCUT2D eigenvalue weighted by molar-refractivity contribution is 0.145. The molecule has 0 bridgehead atoms. The van der Waals surface area contributed by atoms with Crippen LogP contribution in [0.2, 0.25) is 0 Å². The molecule has 0 fully saturated rings. The number of nitrogens with zero attached hydrogens (tertiary/aromatic N) is 2. The van der Waals surface area contributed by atoms with Crippen molar-refractivity contribution in [3.05, 3.63) is 16.5 Å². The maximum Gasteiger partial charge on any atom is 0.281 e. The highest BCUT2D eigenvalue weighted by molar-refractivity contribution is 9.10. The average Bonchev–Trinajstić information content (AvgIpc) is 2.08. The lowest BCUT2D eigenvalue weighted by Gasteiger charge is -2.07. The van der Waals surface area contributed by atoms with Gasteiger partial charge in [0.15, 0.2) is 0 Å². The van der Waals surface area contributed by atoms with Crippen LogP contribution in [0.15, 0.2) is 10.8 Å². The number of rotatable bonds is 3. The minimum Gasteiger partial charge on any atom is -0.369 e. The second kappa shape index (κ2) is 4.45. The SMILES string of the molecule is CCNc1ncnc(C(F)F)c1Br. The van der Waals surface area contributed by atoms with Crippen molar-refractivity contribution in [2.75, 3.05) is 11.9 Å². The Morgan fingerprint density at radius 3 is 2.77 bits per heavy atom. The molecule has 0 radical (unpaired) electrons. The molecule has 1 heterocycles. The Morgan fingerprint density at radius 1 is 1.54 bits per heavy atom. The highest BCUT2D eigenvalue weighted by Gasteiger charge is 2.16. The molecule has 1 aromatic heterocycles. The summed E-state index contributed by atoms with van der Waals surface area (Å²) in [6.45, 7) is 2.48. The molecule has 0 atom stereocenters. The molecule has 0 saturated heterocycles. The van der Waals surface area contributed by atoms with Gasteiger partial charge in [0.05, 0.1) is 4.47 Å². The Balaban J connectivity index is 3.03. The highest BCUT2D eigenvalue weighted by atomic mass is 79.9. The molecule has 1 N–H and O–H groups in total. The van der Waals surface area contributed by atoms with Crippen molar-refractivity contribution < 1.29 is 8.78 Å². The number of anilines is 1. The van der Waals surface area contributed by atoms with Crippen LogP contribution in [0.5, 0.6) is 0 Å². The highest BCUT2D eigenvalue weighted by Crippen LogP contribution is 2.29. The molecular weight excluding hydrogens is 244 g/mol. The maximum absolute atomic E-state index is 12.3. The van der Waals surface area contributed by atoms with Crippen LogP contribution in [-0.4, -0.2) is 16.5 Å². The number of nitrogens with one attached hydrogen (secondary N) is 1. The molecular formula is C7H8BrF2N3. The van der Waals surface area contributed by atoms with Gasteiger partial charge >= 0.3 is 0 Å². The second-order valence-electron chi connectivity index (χ2n) is 2.25. The van der Waals surface area contributed by atoms with Gasteiger partial charge in [-0.25, -0.2) is 18.7 Å². The van der Waals surface area contributed by atoms with Gasteiger partial charge in [-0.1, -0.05) is 0 Å². The molecule has 1 rings (SSSR count). The van der Waals surface area contributed by atoms with Gasteiger partial charge in [0.1, 0.15) is 17.8 Å². The van der Waals surface area contributed by atoms with Crippen LogP contribution in [0.3, 0.4) is 0 Å². The summed E-state index contributed by atoms with van der Waals surface area (Å²) in [6, 6.07) is 0. The second-order valence-corrected chi connectivity index (χ2v) is 3.05. The summed E-state index contributed by atoms with van der Waals surface area (Å²) in [5.74, 6) is 0.396. The number of aromatic nitrogens is 2. The zero-order valence-electron chi connectivity index (χ0n) is 6.89. The molecule has 6 heteroatoms. The van der Waals surface area contributed by atoms with E-state index in [1.165, 1.54) is 0 Å². The molecule has 0 aromatic carbocycles. The third kappa shape index (κ3) is 2.33. The van der Waals surface area contributed by atoms with E-state index in [4.69, 9.17) is 0 Å². The van der Waals surface area contributed by atoms with E-state index in [2.05, 4.69) is 31.2 Å². The van der Waals surface area contributed by atoms with Gasteiger partial charge in [0.25, 0.3) is 6.43 Å². The van der Waals surface area contributed by atoms with E-state index in [0.717, 1.165) is 6.33 Å². The quantitative estimate of drug-likeness (QED) is 0.898. The van der Waals surface area contributed by atoms with Gasteiger partial charge in [0, 0.05) is 6.54 Å². The van der Waals surface area contributed by atoms with E-state index in [1.807, 2.05) is 6.92 Å². The summed E-state index contributed by atoms with van der Waals surface area (Å²) < 4.78 is 24.8. The lowest BCUT2D eigenvalue weighted by Crippen LogP contribution is -2.03. The standard InChI is InChI=1S/C7H8BrF2N3/c1-2-11-7-4(8)5(6(9)10)12-3-13-7/h3,6H,2H2,1H3,(H,11,12,13). The molecule has 0 amide bonds. The zero-order valence-corrected chi connectivity index (χ0v) is 8.48. The number of hydrogen-bond acceptors (Lipinski definition) is 3. The van der Waals surface area contributed by atoms with Crippen LogP contribution < -0.4 is 5.32 Å². The first kappa shape index (κ1) is 10.3. The largest absolute Gasteiger partial charge is 0.369 e. The summed E-state index contributed by atoms with van der Waals surface area (Å²) >= 11 is 3.02. The molecule has 0 aliphatic rings. The third-order valence-electron chi connectivity index (χ3n) is 1.37. The van der Waals surface area contributed by atoms with E-state index in [9.17, 15) is 8.78 Å². The van der Waals surface area contributed by atoms with Gasteiger partial charge in [-0.2, -0.15) is 0 Å². The molecule has 1 aromatic rings. The van der Waals surface area contributed by atoms with Gasteiger partial charge in [-0.05, 0) is 22.9 Å². The summed E-state index contributed by atoms with van der Waals surface area (Å²) in [5.41, 5.74) is -0.286. The van der Waals surface area contributed by atoms with Crippen molar-refractivity contribution in [2.45, 2.75) is 13.3 Å². The normalized spacial score (nSPS) is 10.5. The van der Waals surface area contributed by atoms with Gasteiger partial charge in [-0.15, -0.1) is 0 Å². The summed E-state index contributed by atoms with van der Waals surface area (Å²) in [7, 11) is 0. The van der Waals surface area contributed by atoms with E-state index in [1.54, 1.807) is 0 Å². The van der Waals surface area contributed by atoms with Crippen LogP contribution in [0.4, 0.5) is 14.6 Å². The fourth-order valence-corrected chi connectivity index (χ4v) is 1.34. The van der Waals surface area contributed by atoms with Gasteiger partial charge < -0.3 is 5.32 Å². The van der Waals surface area contributed by atoms with Crippen LogP contribution in [0.25, 0.3) is 0 Å². The Labute approximate surface area is 82.7 Å². The van der Waals surface area contributed by atoms with E-state index in [-0.39, 0.29) is 10.2 Å². The van der Waals surface area contributed by atoms with Crippen molar-refractivity contribution in [3.8, 4) is 0 Å². The number of alkyl halides is 2. The zero-order chi connectivity index (χ0) is 9.84. The van der Waals surface area contributed by atoms with E-state index in [0.29, 0.717) is 12.4 Å². The van der Waals surface area contributed by atoms with E-state index < -0.39 is 6.43 Å². The Hall–Kier alpha value is -0.780. The smallest absolute Gasteiger partial charge is 0.281 e. The van der Waals surface area contributed by atoms with Gasteiger partial charge in [-0.3, -0.25) is 0 Å². The number of halogens is 3. The van der Waals surface area contributed by atoms with Crippen molar-refractivity contribution in [1.82, 2.24) is 9.97 Å². The fraction of sp³-hybridized carbons (Fsp3) is 0.429. The fourth-order valence-electron chi connectivity index (χ4n) is 0.826. The predicted octanol–water partition coefficient (Wildman–Crippen LogP) is 2.61. The molecule has 0 aliphatic carbocycles. The Kier molecular flexibility index (Phi) is 3.53. The summed E-state index contributed by atoms with van der Waals surface area (Å²) in [6.07, 6.45) is -1.47. The first-order valence-corrected chi connectivity index (χ1v) is 4.48. The minimum absolute atomic E-state index is 0.229. The molecule has 72 valence electrons. The molecule has 0 spiro atoms. The summed E-state index contributed by atoms with van der Waals surface area (Å²) in [4.78, 5) is 7.28. The molecule has 0 saturated carbocycles. The monoisotopic (exact) mass is 251 g/mol. The Bertz CT molecular complexity index is 293. The first-order valence-electron chi connectivity index (χ1n) is 3.69. The molecule has 13 heavy (non-hydrogen) atoms. The van der Waals surface area contributed by atoms with Crippen molar-refractivity contribution in [3.63, 3.8) is 0 Å². The molecule has 0 unspecified atom stereocenters.